The van der Waals surface area contributed by atoms with Crippen LogP contribution in [0.4, 0.5) is 18.0 Å². The molecule has 0 aliphatic heterocycles. The molecular weight excluding hydrogens is 417 g/mol. The molecule has 0 saturated carbocycles. The number of halogens is 4. The average molecular weight is 435 g/mol. The number of benzene rings is 2. The summed E-state index contributed by atoms with van der Waals surface area (Å²) in [6.07, 6.45) is -3.40. The average Bonchev–Trinajstić information content (AvgIpc) is 2.65. The topological polar surface area (TPSA) is 44.8 Å². The SMILES string of the molecule is CCc1cc(C(F)(F)F)c(OCc2c(OC(=O)OC)cccc2SC)cc1Cl. The molecule has 0 aliphatic carbocycles. The monoisotopic (exact) mass is 434 g/mol. The third-order valence-electron chi connectivity index (χ3n) is 3.88. The Morgan fingerprint density at radius 1 is 1.21 bits per heavy atom. The van der Waals surface area contributed by atoms with Crippen LogP contribution in [0.3, 0.4) is 0 Å². The van der Waals surface area contributed by atoms with Crippen LogP contribution < -0.4 is 9.47 Å². The Kier molecular flexibility index (Phi) is 7.48. The summed E-state index contributed by atoms with van der Waals surface area (Å²) in [7, 11) is 1.16. The van der Waals surface area contributed by atoms with Crippen molar-refractivity contribution in [1.29, 1.82) is 0 Å². The van der Waals surface area contributed by atoms with Crippen LogP contribution in [0, 0.1) is 0 Å². The molecule has 2 aromatic carbocycles. The molecule has 0 N–H and O–H groups in total. The molecule has 0 amide bonds. The molecule has 0 saturated heterocycles. The zero-order valence-electron chi connectivity index (χ0n) is 15.4. The van der Waals surface area contributed by atoms with Gasteiger partial charge in [-0.1, -0.05) is 24.6 Å². The lowest BCUT2D eigenvalue weighted by atomic mass is 10.1. The zero-order valence-corrected chi connectivity index (χ0v) is 16.9. The molecule has 0 fully saturated rings. The van der Waals surface area contributed by atoms with Crippen molar-refractivity contribution < 1.29 is 32.2 Å². The van der Waals surface area contributed by atoms with E-state index < -0.39 is 23.6 Å². The maximum absolute atomic E-state index is 13.5. The maximum Gasteiger partial charge on any atom is 0.513 e. The Balaban J connectivity index is 2.41. The van der Waals surface area contributed by atoms with Crippen LogP contribution in [0.25, 0.3) is 0 Å². The quantitative estimate of drug-likeness (QED) is 0.300. The summed E-state index contributed by atoms with van der Waals surface area (Å²) in [5, 5.41) is 0.190. The van der Waals surface area contributed by atoms with Crippen molar-refractivity contribution >= 4 is 29.5 Å². The Bertz CT molecular complexity index is 856. The van der Waals surface area contributed by atoms with Crippen LogP contribution >= 0.6 is 23.4 Å². The van der Waals surface area contributed by atoms with Crippen molar-refractivity contribution in [2.24, 2.45) is 0 Å². The lowest BCUT2D eigenvalue weighted by Crippen LogP contribution is -2.12. The molecule has 0 aromatic heterocycles. The van der Waals surface area contributed by atoms with Gasteiger partial charge in [0.15, 0.2) is 0 Å². The number of carbonyl (C=O) groups is 1. The van der Waals surface area contributed by atoms with Crippen molar-refractivity contribution in [3.8, 4) is 11.5 Å². The van der Waals surface area contributed by atoms with E-state index in [9.17, 15) is 18.0 Å². The fraction of sp³-hybridized carbons (Fsp3) is 0.316. The van der Waals surface area contributed by atoms with Crippen LogP contribution in [0.2, 0.25) is 5.02 Å². The smallest absolute Gasteiger partial charge is 0.488 e. The molecule has 152 valence electrons. The van der Waals surface area contributed by atoms with Gasteiger partial charge in [-0.15, -0.1) is 11.8 Å². The second-order valence-corrected chi connectivity index (χ2v) is 6.83. The second kappa shape index (κ2) is 9.43. The van der Waals surface area contributed by atoms with Crippen molar-refractivity contribution in [2.45, 2.75) is 31.0 Å². The molecule has 0 atom stereocenters. The second-order valence-electron chi connectivity index (χ2n) is 5.57. The van der Waals surface area contributed by atoms with Gasteiger partial charge in [-0.3, -0.25) is 0 Å². The number of hydrogen-bond donors (Lipinski definition) is 0. The first kappa shape index (κ1) is 22.2. The van der Waals surface area contributed by atoms with E-state index in [1.165, 1.54) is 17.8 Å². The first-order valence-electron chi connectivity index (χ1n) is 8.15. The first-order valence-corrected chi connectivity index (χ1v) is 9.75. The van der Waals surface area contributed by atoms with Crippen LogP contribution in [0.15, 0.2) is 35.2 Å². The molecule has 0 spiro atoms. The molecule has 0 bridgehead atoms. The Labute approximate surface area is 169 Å². The fourth-order valence-electron chi connectivity index (χ4n) is 2.47. The highest BCUT2D eigenvalue weighted by molar-refractivity contribution is 7.98. The number of carbonyl (C=O) groups excluding carboxylic acids is 1. The largest absolute Gasteiger partial charge is 0.513 e. The van der Waals surface area contributed by atoms with Crippen molar-refractivity contribution in [3.05, 3.63) is 52.0 Å². The van der Waals surface area contributed by atoms with E-state index >= 15 is 0 Å². The van der Waals surface area contributed by atoms with E-state index in [1.807, 2.05) is 0 Å². The minimum atomic E-state index is -4.60. The van der Waals surface area contributed by atoms with E-state index in [0.29, 0.717) is 22.4 Å². The Morgan fingerprint density at radius 3 is 2.50 bits per heavy atom. The maximum atomic E-state index is 13.5. The molecule has 0 aliphatic rings. The van der Waals surface area contributed by atoms with Gasteiger partial charge in [-0.25, -0.2) is 4.79 Å². The summed E-state index contributed by atoms with van der Waals surface area (Å²) in [5.74, 6) is -0.252. The van der Waals surface area contributed by atoms with E-state index in [-0.39, 0.29) is 17.4 Å². The van der Waals surface area contributed by atoms with Crippen LogP contribution in [0.5, 0.6) is 11.5 Å². The van der Waals surface area contributed by atoms with Gasteiger partial charge < -0.3 is 14.2 Å². The summed E-state index contributed by atoms with van der Waals surface area (Å²) in [6, 6.07) is 7.05. The Hall–Kier alpha value is -2.06. The molecular formula is C19H18ClF3O4S. The number of alkyl halides is 3. The zero-order chi connectivity index (χ0) is 20.9. The van der Waals surface area contributed by atoms with Crippen LogP contribution in [-0.2, 0) is 23.9 Å². The van der Waals surface area contributed by atoms with E-state index in [1.54, 1.807) is 25.3 Å². The highest BCUT2D eigenvalue weighted by Crippen LogP contribution is 2.40. The van der Waals surface area contributed by atoms with E-state index in [4.69, 9.17) is 21.1 Å². The van der Waals surface area contributed by atoms with Gasteiger partial charge >= 0.3 is 12.3 Å². The summed E-state index contributed by atoms with van der Waals surface area (Å²) < 4.78 is 55.4. The van der Waals surface area contributed by atoms with Gasteiger partial charge in [0.2, 0.25) is 0 Å². The minimum Gasteiger partial charge on any atom is -0.488 e. The number of thioether (sulfide) groups is 1. The number of rotatable bonds is 6. The molecule has 9 heteroatoms. The predicted molar refractivity (Wildman–Crippen MR) is 101 cm³/mol. The summed E-state index contributed by atoms with van der Waals surface area (Å²) in [4.78, 5) is 12.1. The molecule has 0 heterocycles. The van der Waals surface area contributed by atoms with Crippen LogP contribution in [0.1, 0.15) is 23.6 Å². The van der Waals surface area contributed by atoms with E-state index in [2.05, 4.69) is 4.74 Å². The van der Waals surface area contributed by atoms with Gasteiger partial charge in [-0.2, -0.15) is 13.2 Å². The highest BCUT2D eigenvalue weighted by Gasteiger charge is 2.35. The molecule has 0 radical (unpaired) electrons. The normalized spacial score (nSPS) is 11.2. The number of aryl methyl sites for hydroxylation is 1. The first-order chi connectivity index (χ1) is 13.2. The van der Waals surface area contributed by atoms with Crippen molar-refractivity contribution in [1.82, 2.24) is 0 Å². The third kappa shape index (κ3) is 5.26. The van der Waals surface area contributed by atoms with E-state index in [0.717, 1.165) is 19.2 Å². The molecule has 4 nitrogen and oxygen atoms in total. The van der Waals surface area contributed by atoms with Gasteiger partial charge in [0.25, 0.3) is 0 Å². The Morgan fingerprint density at radius 2 is 1.93 bits per heavy atom. The van der Waals surface area contributed by atoms with Gasteiger partial charge in [0, 0.05) is 15.5 Å². The summed E-state index contributed by atoms with van der Waals surface area (Å²) in [5.41, 5.74) is -0.115. The number of hydrogen-bond acceptors (Lipinski definition) is 5. The van der Waals surface area contributed by atoms with Gasteiger partial charge in [0.05, 0.1) is 12.7 Å². The van der Waals surface area contributed by atoms with Crippen molar-refractivity contribution in [3.63, 3.8) is 0 Å². The van der Waals surface area contributed by atoms with Gasteiger partial charge in [0.1, 0.15) is 18.1 Å². The predicted octanol–water partition coefficient (Wildman–Crippen LogP) is 6.37. The fourth-order valence-corrected chi connectivity index (χ4v) is 3.38. The number of methoxy groups -OCH3 is 1. The van der Waals surface area contributed by atoms with Crippen molar-refractivity contribution in [2.75, 3.05) is 13.4 Å². The minimum absolute atomic E-state index is 0.142. The molecule has 2 rings (SSSR count). The third-order valence-corrected chi connectivity index (χ3v) is 5.05. The highest BCUT2D eigenvalue weighted by atomic mass is 35.5. The molecule has 28 heavy (non-hydrogen) atoms. The summed E-state index contributed by atoms with van der Waals surface area (Å²) in [6.45, 7) is 1.46. The summed E-state index contributed by atoms with van der Waals surface area (Å²) >= 11 is 7.41. The van der Waals surface area contributed by atoms with Crippen LogP contribution in [-0.4, -0.2) is 19.5 Å². The standard InChI is InChI=1S/C19H18ClF3O4S/c1-4-11-8-13(19(21,22)23)16(9-14(11)20)26-10-12-15(27-18(24)25-2)6-5-7-17(12)28-3/h5-9H,4,10H2,1-3H3. The molecule has 2 aromatic rings. The number of ether oxygens (including phenoxy) is 3. The lowest BCUT2D eigenvalue weighted by molar-refractivity contribution is -0.139. The van der Waals surface area contributed by atoms with Gasteiger partial charge in [-0.05, 0) is 42.5 Å². The molecule has 0 unspecified atom stereocenters. The lowest BCUT2D eigenvalue weighted by Gasteiger charge is -2.18.